The van der Waals surface area contributed by atoms with E-state index in [2.05, 4.69) is 5.32 Å². The lowest BCUT2D eigenvalue weighted by Crippen LogP contribution is -2.34. The number of halogens is 3. The van der Waals surface area contributed by atoms with E-state index in [4.69, 9.17) is 0 Å². The Kier molecular flexibility index (Phi) is 5.39. The van der Waals surface area contributed by atoms with Crippen LogP contribution in [0.1, 0.15) is 18.1 Å². The molecule has 0 amide bonds. The van der Waals surface area contributed by atoms with Crippen molar-refractivity contribution in [1.29, 1.82) is 0 Å². The van der Waals surface area contributed by atoms with E-state index in [1.165, 1.54) is 24.3 Å². The van der Waals surface area contributed by atoms with Crippen LogP contribution < -0.4 is 5.32 Å². The van der Waals surface area contributed by atoms with E-state index < -0.39 is 11.6 Å². The van der Waals surface area contributed by atoms with Gasteiger partial charge in [-0.25, -0.2) is 13.2 Å². The molecule has 1 N–H and O–H groups in total. The zero-order valence-electron chi connectivity index (χ0n) is 11.9. The highest BCUT2D eigenvalue weighted by molar-refractivity contribution is 5.23. The summed E-state index contributed by atoms with van der Waals surface area (Å²) in [4.78, 5) is 0. The number of benzene rings is 2. The van der Waals surface area contributed by atoms with Gasteiger partial charge in [-0.3, -0.25) is 0 Å². The number of rotatable bonds is 6. The third kappa shape index (κ3) is 4.08. The molecule has 0 bridgehead atoms. The zero-order chi connectivity index (χ0) is 15.2. The van der Waals surface area contributed by atoms with Gasteiger partial charge in [-0.1, -0.05) is 31.2 Å². The molecular formula is C17H18F3N. The topological polar surface area (TPSA) is 12.0 Å². The van der Waals surface area contributed by atoms with Crippen LogP contribution in [0, 0.1) is 17.5 Å². The molecule has 4 heteroatoms. The van der Waals surface area contributed by atoms with Crippen LogP contribution in [0.25, 0.3) is 0 Å². The molecule has 0 aromatic heterocycles. The van der Waals surface area contributed by atoms with Crippen LogP contribution in [0.2, 0.25) is 0 Å². The molecule has 2 aromatic carbocycles. The van der Waals surface area contributed by atoms with Crippen LogP contribution >= 0.6 is 0 Å². The summed E-state index contributed by atoms with van der Waals surface area (Å²) >= 11 is 0. The Morgan fingerprint density at radius 2 is 1.48 bits per heavy atom. The molecule has 0 aliphatic carbocycles. The zero-order valence-corrected chi connectivity index (χ0v) is 11.9. The molecule has 0 aliphatic rings. The second kappa shape index (κ2) is 7.27. The smallest absolute Gasteiger partial charge is 0.129 e. The summed E-state index contributed by atoms with van der Waals surface area (Å²) in [5.74, 6) is -1.42. The Balaban J connectivity index is 2.18. The van der Waals surface area contributed by atoms with E-state index in [1.807, 2.05) is 6.92 Å². The highest BCUT2D eigenvalue weighted by atomic mass is 19.1. The molecule has 1 unspecified atom stereocenters. The van der Waals surface area contributed by atoms with Gasteiger partial charge in [0.25, 0.3) is 0 Å². The third-order valence-corrected chi connectivity index (χ3v) is 3.43. The SMILES string of the molecule is CCNC(Cc1ccccc1F)Cc1c(F)cccc1F. The first-order valence-corrected chi connectivity index (χ1v) is 7.01. The Morgan fingerprint density at radius 1 is 0.857 bits per heavy atom. The standard InChI is InChI=1S/C17H18F3N/c1-2-21-13(10-12-6-3-4-7-15(12)18)11-14-16(19)8-5-9-17(14)20/h3-9,13,21H,2,10-11H2,1H3. The Hall–Kier alpha value is -1.81. The molecular weight excluding hydrogens is 275 g/mol. The molecule has 0 radical (unpaired) electrons. The van der Waals surface area contributed by atoms with Crippen LogP contribution in [0.15, 0.2) is 42.5 Å². The fourth-order valence-corrected chi connectivity index (χ4v) is 2.41. The number of hydrogen-bond donors (Lipinski definition) is 1. The number of hydrogen-bond acceptors (Lipinski definition) is 1. The summed E-state index contributed by atoms with van der Waals surface area (Å²) < 4.78 is 41.2. The maximum absolute atomic E-state index is 13.7. The Labute approximate surface area is 122 Å². The van der Waals surface area contributed by atoms with Gasteiger partial charge in [-0.15, -0.1) is 0 Å². The van der Waals surface area contributed by atoms with E-state index in [-0.39, 0.29) is 23.8 Å². The third-order valence-electron chi connectivity index (χ3n) is 3.43. The minimum absolute atomic E-state index is 0.0415. The van der Waals surface area contributed by atoms with Crippen LogP contribution in [-0.4, -0.2) is 12.6 Å². The molecule has 1 nitrogen and oxygen atoms in total. The average molecular weight is 293 g/mol. The number of nitrogens with one attached hydrogen (secondary N) is 1. The first-order chi connectivity index (χ1) is 10.1. The van der Waals surface area contributed by atoms with Gasteiger partial charge in [-0.05, 0) is 43.1 Å². The Bertz CT molecular complexity index is 578. The van der Waals surface area contributed by atoms with Gasteiger partial charge in [0.1, 0.15) is 17.5 Å². The summed E-state index contributed by atoms with van der Waals surface area (Å²) in [6.45, 7) is 2.56. The summed E-state index contributed by atoms with van der Waals surface area (Å²) in [5, 5.41) is 3.16. The molecule has 0 heterocycles. The molecule has 1 atom stereocenters. The predicted octanol–water partition coefficient (Wildman–Crippen LogP) is 3.87. The van der Waals surface area contributed by atoms with Crippen molar-refractivity contribution in [2.24, 2.45) is 0 Å². The second-order valence-corrected chi connectivity index (χ2v) is 4.95. The lowest BCUT2D eigenvalue weighted by Gasteiger charge is -2.19. The second-order valence-electron chi connectivity index (χ2n) is 4.95. The molecule has 0 saturated carbocycles. The van der Waals surface area contributed by atoms with Crippen molar-refractivity contribution in [2.75, 3.05) is 6.54 Å². The van der Waals surface area contributed by atoms with E-state index in [1.54, 1.807) is 18.2 Å². The number of likely N-dealkylation sites (N-methyl/N-ethyl adjacent to an activating group) is 1. The van der Waals surface area contributed by atoms with Gasteiger partial charge in [-0.2, -0.15) is 0 Å². The van der Waals surface area contributed by atoms with E-state index >= 15 is 0 Å². The highest BCUT2D eigenvalue weighted by Gasteiger charge is 2.17. The summed E-state index contributed by atoms with van der Waals surface area (Å²) in [6.07, 6.45) is 0.564. The fourth-order valence-electron chi connectivity index (χ4n) is 2.41. The molecule has 0 fully saturated rings. The van der Waals surface area contributed by atoms with Crippen molar-refractivity contribution in [3.05, 3.63) is 71.0 Å². The van der Waals surface area contributed by atoms with Crippen molar-refractivity contribution in [3.63, 3.8) is 0 Å². The molecule has 0 saturated heterocycles. The van der Waals surface area contributed by atoms with Gasteiger partial charge >= 0.3 is 0 Å². The van der Waals surface area contributed by atoms with Crippen LogP contribution in [0.4, 0.5) is 13.2 Å². The van der Waals surface area contributed by atoms with Crippen molar-refractivity contribution >= 4 is 0 Å². The van der Waals surface area contributed by atoms with Gasteiger partial charge in [0.2, 0.25) is 0 Å². The van der Waals surface area contributed by atoms with E-state index in [0.717, 1.165) is 0 Å². The Morgan fingerprint density at radius 3 is 2.10 bits per heavy atom. The van der Waals surface area contributed by atoms with Gasteiger partial charge in [0.15, 0.2) is 0 Å². The largest absolute Gasteiger partial charge is 0.314 e. The van der Waals surface area contributed by atoms with E-state index in [0.29, 0.717) is 18.5 Å². The van der Waals surface area contributed by atoms with E-state index in [9.17, 15) is 13.2 Å². The van der Waals surface area contributed by atoms with Gasteiger partial charge in [0, 0.05) is 11.6 Å². The average Bonchev–Trinajstić information content (AvgIpc) is 2.45. The lowest BCUT2D eigenvalue weighted by atomic mass is 9.98. The van der Waals surface area contributed by atoms with Gasteiger partial charge < -0.3 is 5.32 Å². The highest BCUT2D eigenvalue weighted by Crippen LogP contribution is 2.17. The predicted molar refractivity (Wildman–Crippen MR) is 77.6 cm³/mol. The maximum atomic E-state index is 13.7. The summed E-state index contributed by atoms with van der Waals surface area (Å²) in [7, 11) is 0. The molecule has 2 aromatic rings. The monoisotopic (exact) mass is 293 g/mol. The van der Waals surface area contributed by atoms with Crippen LogP contribution in [0.5, 0.6) is 0 Å². The quantitative estimate of drug-likeness (QED) is 0.852. The van der Waals surface area contributed by atoms with Crippen molar-refractivity contribution < 1.29 is 13.2 Å². The van der Waals surface area contributed by atoms with Gasteiger partial charge in [0.05, 0.1) is 0 Å². The van der Waals surface area contributed by atoms with Crippen LogP contribution in [0.3, 0.4) is 0 Å². The van der Waals surface area contributed by atoms with Crippen LogP contribution in [-0.2, 0) is 12.8 Å². The summed E-state index contributed by atoms with van der Waals surface area (Å²) in [5.41, 5.74) is 0.583. The molecule has 2 rings (SSSR count). The minimum atomic E-state index is -0.563. The summed E-state index contributed by atoms with van der Waals surface area (Å²) in [6, 6.07) is 10.1. The normalized spacial score (nSPS) is 12.4. The molecule has 0 spiro atoms. The molecule has 0 aliphatic heterocycles. The first-order valence-electron chi connectivity index (χ1n) is 7.01. The van der Waals surface area contributed by atoms with Crippen molar-refractivity contribution in [1.82, 2.24) is 5.32 Å². The first kappa shape index (κ1) is 15.6. The fraction of sp³-hybridized carbons (Fsp3) is 0.294. The maximum Gasteiger partial charge on any atom is 0.129 e. The lowest BCUT2D eigenvalue weighted by molar-refractivity contribution is 0.476. The van der Waals surface area contributed by atoms with Crippen molar-refractivity contribution in [3.8, 4) is 0 Å². The molecule has 21 heavy (non-hydrogen) atoms. The van der Waals surface area contributed by atoms with Crippen molar-refractivity contribution in [2.45, 2.75) is 25.8 Å². The minimum Gasteiger partial charge on any atom is -0.314 e. The molecule has 112 valence electrons.